The second kappa shape index (κ2) is 2.80. The molecule has 0 aliphatic carbocycles. The van der Waals surface area contributed by atoms with E-state index in [0.29, 0.717) is 5.69 Å². The molecule has 0 aliphatic heterocycles. The van der Waals surface area contributed by atoms with E-state index in [1.54, 1.807) is 12.1 Å². The largest absolute Gasteiger partial charge is 0.398 e. The smallest absolute Gasteiger partial charge is 0.250 e. The van der Waals surface area contributed by atoms with Crippen LogP contribution in [0.2, 0.25) is 5.02 Å². The Labute approximate surface area is 68.9 Å². The number of anilines is 1. The van der Waals surface area contributed by atoms with E-state index < -0.39 is 5.91 Å². The zero-order valence-corrected chi connectivity index (χ0v) is 6.43. The maximum absolute atomic E-state index is 10.7. The maximum atomic E-state index is 10.7. The number of hydrogen-bond acceptors (Lipinski definition) is 2. The van der Waals surface area contributed by atoms with Crippen molar-refractivity contribution in [2.24, 2.45) is 5.73 Å². The van der Waals surface area contributed by atoms with Crippen molar-refractivity contribution in [2.45, 2.75) is 0 Å². The molecule has 0 radical (unpaired) electrons. The zero-order chi connectivity index (χ0) is 8.43. The van der Waals surface area contributed by atoms with Gasteiger partial charge in [-0.05, 0) is 12.1 Å². The lowest BCUT2D eigenvalue weighted by atomic mass is 10.2. The van der Waals surface area contributed by atoms with Gasteiger partial charge in [0.1, 0.15) is 0 Å². The number of benzene rings is 1. The number of rotatable bonds is 1. The minimum atomic E-state index is -0.567. The van der Waals surface area contributed by atoms with Crippen LogP contribution in [0.4, 0.5) is 5.69 Å². The van der Waals surface area contributed by atoms with Crippen molar-refractivity contribution in [3.8, 4) is 0 Å². The molecule has 1 aromatic rings. The number of primary amides is 1. The van der Waals surface area contributed by atoms with Gasteiger partial charge < -0.3 is 11.5 Å². The van der Waals surface area contributed by atoms with Gasteiger partial charge in [-0.2, -0.15) is 0 Å². The summed E-state index contributed by atoms with van der Waals surface area (Å²) >= 11 is 5.66. The Balaban J connectivity index is 3.27. The quantitative estimate of drug-likeness (QED) is 0.618. The van der Waals surface area contributed by atoms with E-state index in [-0.39, 0.29) is 10.6 Å². The molecule has 1 rings (SSSR count). The number of nitrogen functional groups attached to an aromatic ring is 1. The monoisotopic (exact) mass is 170 g/mol. The van der Waals surface area contributed by atoms with Gasteiger partial charge in [-0.15, -0.1) is 0 Å². The van der Waals surface area contributed by atoms with Gasteiger partial charge in [-0.1, -0.05) is 17.7 Å². The lowest BCUT2D eigenvalue weighted by molar-refractivity contribution is 0.100. The predicted octanol–water partition coefficient (Wildman–Crippen LogP) is 1.02. The molecule has 0 spiro atoms. The van der Waals surface area contributed by atoms with Crippen LogP contribution in [0.15, 0.2) is 18.2 Å². The lowest BCUT2D eigenvalue weighted by Crippen LogP contribution is -2.11. The van der Waals surface area contributed by atoms with Crippen molar-refractivity contribution in [3.05, 3.63) is 28.8 Å². The minimum Gasteiger partial charge on any atom is -0.398 e. The highest BCUT2D eigenvalue weighted by molar-refractivity contribution is 6.36. The summed E-state index contributed by atoms with van der Waals surface area (Å²) in [5.41, 5.74) is 11.0. The average Bonchev–Trinajstić information content (AvgIpc) is 1.94. The van der Waals surface area contributed by atoms with Gasteiger partial charge in [0.2, 0.25) is 5.91 Å². The molecule has 0 bridgehead atoms. The Morgan fingerprint density at radius 3 is 2.55 bits per heavy atom. The van der Waals surface area contributed by atoms with Crippen LogP contribution >= 0.6 is 11.6 Å². The van der Waals surface area contributed by atoms with Crippen LogP contribution in [-0.2, 0) is 0 Å². The SMILES string of the molecule is NC(=O)c1cccc(N)c1Cl. The number of halogens is 1. The van der Waals surface area contributed by atoms with Crippen LogP contribution in [-0.4, -0.2) is 5.91 Å². The first-order valence-corrected chi connectivity index (χ1v) is 3.34. The van der Waals surface area contributed by atoms with E-state index in [1.165, 1.54) is 6.07 Å². The Morgan fingerprint density at radius 2 is 2.09 bits per heavy atom. The fraction of sp³-hybridized carbons (Fsp3) is 0. The molecule has 58 valence electrons. The molecule has 0 aliphatic rings. The van der Waals surface area contributed by atoms with Gasteiger partial charge in [0, 0.05) is 0 Å². The number of amides is 1. The molecule has 0 saturated carbocycles. The molecule has 1 aromatic carbocycles. The fourth-order valence-corrected chi connectivity index (χ4v) is 0.959. The number of carbonyl (C=O) groups is 1. The van der Waals surface area contributed by atoms with Gasteiger partial charge in [-0.25, -0.2) is 0 Å². The van der Waals surface area contributed by atoms with Crippen LogP contribution in [0, 0.1) is 0 Å². The molecular formula is C7H7ClN2O. The third-order valence-corrected chi connectivity index (χ3v) is 1.72. The van der Waals surface area contributed by atoms with Crippen molar-refractivity contribution in [1.29, 1.82) is 0 Å². The van der Waals surface area contributed by atoms with E-state index in [1.807, 2.05) is 0 Å². The maximum Gasteiger partial charge on any atom is 0.250 e. The van der Waals surface area contributed by atoms with Crippen molar-refractivity contribution in [2.75, 3.05) is 5.73 Å². The number of hydrogen-bond donors (Lipinski definition) is 2. The fourth-order valence-electron chi connectivity index (χ4n) is 0.740. The highest BCUT2D eigenvalue weighted by atomic mass is 35.5. The van der Waals surface area contributed by atoms with Gasteiger partial charge in [-0.3, -0.25) is 4.79 Å². The second-order valence-electron chi connectivity index (χ2n) is 2.07. The summed E-state index contributed by atoms with van der Waals surface area (Å²) in [6.07, 6.45) is 0. The highest BCUT2D eigenvalue weighted by Gasteiger charge is 2.07. The first-order chi connectivity index (χ1) is 5.13. The molecule has 4 heteroatoms. The Bertz CT molecular complexity index is 298. The number of nitrogens with two attached hydrogens (primary N) is 2. The van der Waals surface area contributed by atoms with E-state index in [9.17, 15) is 4.79 Å². The first-order valence-electron chi connectivity index (χ1n) is 2.96. The summed E-state index contributed by atoms with van der Waals surface area (Å²) in [6, 6.07) is 4.76. The standard InChI is InChI=1S/C7H7ClN2O/c8-6-4(7(10)11)2-1-3-5(6)9/h1-3H,9H2,(H2,10,11). The van der Waals surface area contributed by atoms with Crippen LogP contribution < -0.4 is 11.5 Å². The van der Waals surface area contributed by atoms with Gasteiger partial charge >= 0.3 is 0 Å². The molecule has 1 amide bonds. The zero-order valence-electron chi connectivity index (χ0n) is 5.67. The summed E-state index contributed by atoms with van der Waals surface area (Å²) < 4.78 is 0. The summed E-state index contributed by atoms with van der Waals surface area (Å²) in [4.78, 5) is 10.7. The molecule has 0 heterocycles. The van der Waals surface area contributed by atoms with E-state index in [4.69, 9.17) is 23.1 Å². The molecular weight excluding hydrogens is 164 g/mol. The topological polar surface area (TPSA) is 69.1 Å². The molecule has 4 N–H and O–H groups in total. The number of carbonyl (C=O) groups excluding carboxylic acids is 1. The predicted molar refractivity (Wildman–Crippen MR) is 44.4 cm³/mol. The highest BCUT2D eigenvalue weighted by Crippen LogP contribution is 2.22. The van der Waals surface area contributed by atoms with Crippen molar-refractivity contribution >= 4 is 23.2 Å². The first kappa shape index (κ1) is 7.88. The molecule has 0 aromatic heterocycles. The molecule has 3 nitrogen and oxygen atoms in total. The molecule has 0 unspecified atom stereocenters. The third kappa shape index (κ3) is 1.43. The normalized spacial score (nSPS) is 9.55. The minimum absolute atomic E-state index is 0.222. The van der Waals surface area contributed by atoms with E-state index >= 15 is 0 Å². The van der Waals surface area contributed by atoms with Gasteiger partial charge in [0.25, 0.3) is 0 Å². The summed E-state index contributed by atoms with van der Waals surface area (Å²) in [5, 5.41) is 0.222. The van der Waals surface area contributed by atoms with Crippen LogP contribution in [0.3, 0.4) is 0 Å². The van der Waals surface area contributed by atoms with Crippen molar-refractivity contribution < 1.29 is 4.79 Å². The van der Waals surface area contributed by atoms with E-state index in [0.717, 1.165) is 0 Å². The summed E-state index contributed by atoms with van der Waals surface area (Å²) in [5.74, 6) is -0.567. The van der Waals surface area contributed by atoms with Crippen molar-refractivity contribution in [3.63, 3.8) is 0 Å². The molecule has 0 atom stereocenters. The van der Waals surface area contributed by atoms with Crippen LogP contribution in [0.1, 0.15) is 10.4 Å². The lowest BCUT2D eigenvalue weighted by Gasteiger charge is -2.00. The Morgan fingerprint density at radius 1 is 1.45 bits per heavy atom. The average molecular weight is 171 g/mol. The summed E-state index contributed by atoms with van der Waals surface area (Å²) in [7, 11) is 0. The van der Waals surface area contributed by atoms with Crippen LogP contribution in [0.25, 0.3) is 0 Å². The Kier molecular flexibility index (Phi) is 2.01. The third-order valence-electron chi connectivity index (χ3n) is 1.29. The van der Waals surface area contributed by atoms with Crippen molar-refractivity contribution in [1.82, 2.24) is 0 Å². The van der Waals surface area contributed by atoms with E-state index in [2.05, 4.69) is 0 Å². The summed E-state index contributed by atoms with van der Waals surface area (Å²) in [6.45, 7) is 0. The Hall–Kier alpha value is -1.22. The van der Waals surface area contributed by atoms with Crippen LogP contribution in [0.5, 0.6) is 0 Å². The molecule has 0 fully saturated rings. The van der Waals surface area contributed by atoms with Gasteiger partial charge in [0.05, 0.1) is 16.3 Å². The second-order valence-corrected chi connectivity index (χ2v) is 2.45. The molecule has 0 saturated heterocycles. The molecule has 11 heavy (non-hydrogen) atoms. The van der Waals surface area contributed by atoms with Gasteiger partial charge in [0.15, 0.2) is 0 Å².